The van der Waals surface area contributed by atoms with Gasteiger partial charge in [-0.3, -0.25) is 0 Å². The third kappa shape index (κ3) is 5.12. The summed E-state index contributed by atoms with van der Waals surface area (Å²) in [7, 11) is 1.54. The van der Waals surface area contributed by atoms with Crippen LogP contribution in [0.4, 0.5) is 0 Å². The van der Waals surface area contributed by atoms with E-state index in [4.69, 9.17) is 23.7 Å². The molecule has 0 radical (unpaired) electrons. The van der Waals surface area contributed by atoms with Gasteiger partial charge in [-0.25, -0.2) is 0 Å². The zero-order valence-electron chi connectivity index (χ0n) is 18.8. The van der Waals surface area contributed by atoms with E-state index >= 15 is 0 Å². The highest BCUT2D eigenvalue weighted by Crippen LogP contribution is 2.47. The van der Waals surface area contributed by atoms with E-state index < -0.39 is 23.8 Å². The van der Waals surface area contributed by atoms with Gasteiger partial charge in [-0.05, 0) is 26.7 Å². The molecule has 1 unspecified atom stereocenters. The first-order valence-electron chi connectivity index (χ1n) is 10.2. The maximum absolute atomic E-state index is 9.76. The van der Waals surface area contributed by atoms with E-state index in [-0.39, 0.29) is 49.7 Å². The van der Waals surface area contributed by atoms with Crippen molar-refractivity contribution in [2.24, 2.45) is 11.8 Å². The van der Waals surface area contributed by atoms with Crippen molar-refractivity contribution in [3.05, 3.63) is 25.3 Å². The van der Waals surface area contributed by atoms with Crippen molar-refractivity contribution >= 4 is 12.4 Å². The Balaban J connectivity index is 0.000000531. The number of halogens is 1. The molecule has 0 aliphatic carbocycles. The maximum Gasteiger partial charge on any atom is 0.188 e. The van der Waals surface area contributed by atoms with E-state index in [1.165, 1.54) is 7.11 Å². The minimum Gasteiger partial charge on any atom is -0.387 e. The van der Waals surface area contributed by atoms with E-state index in [2.05, 4.69) is 27.0 Å². The van der Waals surface area contributed by atoms with Crippen LogP contribution in [-0.2, 0) is 23.7 Å². The van der Waals surface area contributed by atoms with Crippen molar-refractivity contribution in [2.75, 3.05) is 7.11 Å². The van der Waals surface area contributed by atoms with Crippen LogP contribution < -0.4 is 0 Å². The van der Waals surface area contributed by atoms with Crippen molar-refractivity contribution in [1.29, 1.82) is 0 Å². The highest BCUT2D eigenvalue weighted by molar-refractivity contribution is 5.85. The lowest BCUT2D eigenvalue weighted by Gasteiger charge is -2.31. The lowest BCUT2D eigenvalue weighted by atomic mass is 9.85. The van der Waals surface area contributed by atoms with Crippen molar-refractivity contribution in [3.63, 3.8) is 0 Å². The van der Waals surface area contributed by atoms with Crippen LogP contribution in [0, 0.1) is 11.8 Å². The van der Waals surface area contributed by atoms with Crippen LogP contribution >= 0.6 is 12.4 Å². The zero-order chi connectivity index (χ0) is 21.3. The second kappa shape index (κ2) is 10.9. The minimum absolute atomic E-state index is 0. The SMILES string of the molecule is C.C=C[C@]1(CC)OC(OC)[C@H](O)[C@@H]1C.C=C[C@]1(CC)O[C@@H]2OC(C)(C)O[C@@H]2[C@@H]1C.Cl. The molecule has 1 N–H and O–H groups in total. The summed E-state index contributed by atoms with van der Waals surface area (Å²) in [4.78, 5) is 0. The topological polar surface area (TPSA) is 66.4 Å². The molecule has 6 nitrogen and oxygen atoms in total. The predicted octanol–water partition coefficient (Wildman–Crippen LogP) is 4.84. The number of rotatable bonds is 5. The van der Waals surface area contributed by atoms with Crippen LogP contribution in [0.1, 0.15) is 61.8 Å². The van der Waals surface area contributed by atoms with E-state index in [0.29, 0.717) is 0 Å². The zero-order valence-corrected chi connectivity index (χ0v) is 19.7. The maximum atomic E-state index is 9.76. The van der Waals surface area contributed by atoms with Crippen molar-refractivity contribution < 1.29 is 28.8 Å². The Morgan fingerprint density at radius 3 is 1.77 bits per heavy atom. The second-order valence-electron chi connectivity index (χ2n) is 8.40. The van der Waals surface area contributed by atoms with Crippen LogP contribution in [0.15, 0.2) is 25.3 Å². The summed E-state index contributed by atoms with van der Waals surface area (Å²) in [5, 5.41) is 9.76. The number of hydrogen-bond acceptors (Lipinski definition) is 6. The summed E-state index contributed by atoms with van der Waals surface area (Å²) < 4.78 is 28.2. The highest BCUT2D eigenvalue weighted by Gasteiger charge is 2.58. The Bertz CT molecular complexity index is 570. The molecule has 3 aliphatic heterocycles. The minimum atomic E-state index is -0.567. The Labute approximate surface area is 189 Å². The smallest absolute Gasteiger partial charge is 0.188 e. The van der Waals surface area contributed by atoms with E-state index in [9.17, 15) is 5.11 Å². The van der Waals surface area contributed by atoms with Gasteiger partial charge in [-0.2, -0.15) is 0 Å². The summed E-state index contributed by atoms with van der Waals surface area (Å²) in [6.07, 6.45) is 4.05. The van der Waals surface area contributed by atoms with E-state index in [0.717, 1.165) is 12.8 Å². The Morgan fingerprint density at radius 1 is 0.933 bits per heavy atom. The molecule has 178 valence electrons. The molecule has 30 heavy (non-hydrogen) atoms. The van der Waals surface area contributed by atoms with Crippen molar-refractivity contribution in [3.8, 4) is 0 Å². The number of fused-ring (bicyclic) bond motifs is 1. The molecule has 3 heterocycles. The summed E-state index contributed by atoms with van der Waals surface area (Å²) in [5.74, 6) is -0.211. The fraction of sp³-hybridized carbons (Fsp3) is 0.826. The fourth-order valence-electron chi connectivity index (χ4n) is 4.46. The molecule has 0 bridgehead atoms. The van der Waals surface area contributed by atoms with Gasteiger partial charge < -0.3 is 28.8 Å². The van der Waals surface area contributed by atoms with Gasteiger partial charge in [0.05, 0.1) is 11.2 Å². The quantitative estimate of drug-likeness (QED) is 0.604. The van der Waals surface area contributed by atoms with Gasteiger partial charge in [0, 0.05) is 18.9 Å². The monoisotopic (exact) mass is 450 g/mol. The predicted molar refractivity (Wildman–Crippen MR) is 122 cm³/mol. The average molecular weight is 451 g/mol. The molecular weight excluding hydrogens is 408 g/mol. The first-order chi connectivity index (χ1) is 13.0. The van der Waals surface area contributed by atoms with Gasteiger partial charge in [0.15, 0.2) is 18.4 Å². The van der Waals surface area contributed by atoms with Crippen LogP contribution in [-0.4, -0.2) is 54.0 Å². The van der Waals surface area contributed by atoms with Gasteiger partial charge in [-0.15, -0.1) is 25.6 Å². The van der Waals surface area contributed by atoms with Gasteiger partial charge in [0.25, 0.3) is 0 Å². The molecule has 0 aromatic carbocycles. The van der Waals surface area contributed by atoms with E-state index in [1.807, 2.05) is 33.8 Å². The Morgan fingerprint density at radius 2 is 1.43 bits per heavy atom. The highest BCUT2D eigenvalue weighted by atomic mass is 35.5. The van der Waals surface area contributed by atoms with Gasteiger partial charge in [0.1, 0.15) is 12.2 Å². The van der Waals surface area contributed by atoms with Gasteiger partial charge >= 0.3 is 0 Å². The molecule has 3 rings (SSSR count). The van der Waals surface area contributed by atoms with Gasteiger partial charge in [0.2, 0.25) is 0 Å². The normalized spacial score (nSPS) is 43.5. The second-order valence-corrected chi connectivity index (χ2v) is 8.40. The van der Waals surface area contributed by atoms with Crippen molar-refractivity contribution in [1.82, 2.24) is 0 Å². The first kappa shape index (κ1) is 29.5. The number of aliphatic hydroxyl groups is 1. The van der Waals surface area contributed by atoms with Gasteiger partial charge in [-0.1, -0.05) is 47.3 Å². The molecule has 0 aromatic rings. The molecule has 3 aliphatic rings. The lowest BCUT2D eigenvalue weighted by molar-refractivity contribution is -0.223. The van der Waals surface area contributed by atoms with Crippen LogP contribution in [0.3, 0.4) is 0 Å². The molecular formula is C23H43ClO6. The number of ether oxygens (including phenoxy) is 5. The van der Waals surface area contributed by atoms with Crippen molar-refractivity contribution in [2.45, 2.75) is 104 Å². The largest absolute Gasteiger partial charge is 0.387 e. The van der Waals surface area contributed by atoms with Crippen LogP contribution in [0.25, 0.3) is 0 Å². The lowest BCUT2D eigenvalue weighted by Crippen LogP contribution is -2.37. The summed E-state index contributed by atoms with van der Waals surface area (Å²) >= 11 is 0. The number of hydrogen-bond donors (Lipinski definition) is 1. The average Bonchev–Trinajstić information content (AvgIpc) is 3.22. The molecule has 0 amide bonds. The third-order valence-corrected chi connectivity index (χ3v) is 6.61. The fourth-order valence-corrected chi connectivity index (χ4v) is 4.46. The standard InChI is InChI=1S/C12H20O3.C10H18O3.CH4.ClH/c1-6-12(7-2)8(3)9-10(15-12)14-11(4,5)13-9;1-5-10(6-2)7(3)8(11)9(12-4)13-10;;/h6,8-10H,1,7H2,2-5H3;5,7-9,11H,1,6H2,2-4H3;1H4;1H/t8-,9+,10-,12+;7-,8+,9?,10+;;/m00../s1. The molecule has 0 saturated carbocycles. The Hall–Kier alpha value is -0.470. The summed E-state index contributed by atoms with van der Waals surface area (Å²) in [6.45, 7) is 19.7. The molecule has 3 saturated heterocycles. The third-order valence-electron chi connectivity index (χ3n) is 6.61. The molecule has 7 heteroatoms. The molecule has 3 fully saturated rings. The van der Waals surface area contributed by atoms with Crippen LogP contribution in [0.2, 0.25) is 0 Å². The summed E-state index contributed by atoms with van der Waals surface area (Å²) in [6, 6.07) is 0. The number of methoxy groups -OCH3 is 1. The molecule has 0 spiro atoms. The Kier molecular flexibility index (Phi) is 10.7. The first-order valence-corrected chi connectivity index (χ1v) is 10.2. The molecule has 0 aromatic heterocycles. The summed E-state index contributed by atoms with van der Waals surface area (Å²) in [5.41, 5.74) is -0.716. The van der Waals surface area contributed by atoms with E-state index in [1.54, 1.807) is 6.08 Å². The number of aliphatic hydroxyl groups excluding tert-OH is 1. The molecule has 8 atom stereocenters. The van der Waals surface area contributed by atoms with Crippen LogP contribution in [0.5, 0.6) is 0 Å².